The molecule has 1 saturated heterocycles. The van der Waals surface area contributed by atoms with Crippen molar-refractivity contribution in [1.29, 1.82) is 0 Å². The van der Waals surface area contributed by atoms with E-state index in [-0.39, 0.29) is 5.95 Å². The van der Waals surface area contributed by atoms with Crippen molar-refractivity contribution in [2.75, 3.05) is 42.3 Å². The Balaban J connectivity index is 1.68. The third-order valence-corrected chi connectivity index (χ3v) is 5.63. The van der Waals surface area contributed by atoms with Crippen LogP contribution >= 0.6 is 0 Å². The molecular formula is C21H24N8O. The van der Waals surface area contributed by atoms with Gasteiger partial charge in [0.15, 0.2) is 0 Å². The number of methoxy groups -OCH3 is 1. The quantitative estimate of drug-likeness (QED) is 0.702. The predicted octanol–water partition coefficient (Wildman–Crippen LogP) is 2.60. The van der Waals surface area contributed by atoms with Crippen molar-refractivity contribution in [2.45, 2.75) is 25.7 Å². The van der Waals surface area contributed by atoms with Crippen LogP contribution in [0.5, 0.6) is 5.88 Å². The predicted molar refractivity (Wildman–Crippen MR) is 115 cm³/mol. The van der Waals surface area contributed by atoms with Gasteiger partial charge in [-0.3, -0.25) is 4.98 Å². The molecule has 0 saturated carbocycles. The van der Waals surface area contributed by atoms with Crippen LogP contribution in [0.3, 0.4) is 0 Å². The second kappa shape index (κ2) is 7.74. The van der Waals surface area contributed by atoms with Gasteiger partial charge in [-0.15, -0.1) is 0 Å². The van der Waals surface area contributed by atoms with Crippen LogP contribution in [0, 0.1) is 0 Å². The lowest BCUT2D eigenvalue weighted by atomic mass is 10.1. The average molecular weight is 404 g/mol. The highest BCUT2D eigenvalue weighted by Gasteiger charge is 2.30. The third kappa shape index (κ3) is 3.26. The van der Waals surface area contributed by atoms with E-state index in [2.05, 4.69) is 30.8 Å². The maximum atomic E-state index is 5.78. The van der Waals surface area contributed by atoms with Crippen LogP contribution < -0.4 is 20.3 Å². The minimum Gasteiger partial charge on any atom is -0.480 e. The minimum atomic E-state index is 0.176. The van der Waals surface area contributed by atoms with Crippen LogP contribution in [0.25, 0.3) is 11.3 Å². The molecule has 0 radical (unpaired) electrons. The van der Waals surface area contributed by atoms with E-state index in [0.29, 0.717) is 5.88 Å². The molecule has 2 aliphatic rings. The van der Waals surface area contributed by atoms with Crippen molar-refractivity contribution in [2.24, 2.45) is 0 Å². The smallest absolute Gasteiger partial charge is 0.227 e. The van der Waals surface area contributed by atoms with Crippen molar-refractivity contribution >= 4 is 23.4 Å². The van der Waals surface area contributed by atoms with Gasteiger partial charge in [-0.25, -0.2) is 9.97 Å². The van der Waals surface area contributed by atoms with Crippen molar-refractivity contribution in [3.05, 3.63) is 36.3 Å². The second-order valence-electron chi connectivity index (χ2n) is 7.49. The number of pyridine rings is 1. The maximum Gasteiger partial charge on any atom is 0.227 e. The first-order chi connectivity index (χ1) is 14.7. The fourth-order valence-corrected chi connectivity index (χ4v) is 4.16. The van der Waals surface area contributed by atoms with Gasteiger partial charge in [-0.1, -0.05) is 0 Å². The molecule has 0 unspecified atom stereocenters. The zero-order valence-electron chi connectivity index (χ0n) is 17.0. The number of aromatic nitrogens is 5. The van der Waals surface area contributed by atoms with E-state index in [1.165, 1.54) is 6.42 Å². The van der Waals surface area contributed by atoms with E-state index in [0.717, 1.165) is 73.2 Å². The van der Waals surface area contributed by atoms with E-state index in [9.17, 15) is 0 Å². The fourth-order valence-electron chi connectivity index (χ4n) is 4.16. The summed E-state index contributed by atoms with van der Waals surface area (Å²) in [6.07, 6.45) is 9.69. The summed E-state index contributed by atoms with van der Waals surface area (Å²) in [6, 6.07) is 4.00. The van der Waals surface area contributed by atoms with Gasteiger partial charge >= 0.3 is 0 Å². The molecular weight excluding hydrogens is 380 g/mol. The largest absolute Gasteiger partial charge is 0.480 e. The molecule has 0 spiro atoms. The van der Waals surface area contributed by atoms with Gasteiger partial charge in [-0.2, -0.15) is 9.97 Å². The molecule has 5 rings (SSSR count). The lowest BCUT2D eigenvalue weighted by Gasteiger charge is -2.28. The summed E-state index contributed by atoms with van der Waals surface area (Å²) in [7, 11) is 1.58. The Kier molecular flexibility index (Phi) is 4.78. The zero-order chi connectivity index (χ0) is 20.5. The summed E-state index contributed by atoms with van der Waals surface area (Å²) in [6.45, 7) is 2.73. The lowest BCUT2D eigenvalue weighted by Crippen LogP contribution is -2.31. The highest BCUT2D eigenvalue weighted by molar-refractivity contribution is 5.78. The molecule has 0 aliphatic carbocycles. The Bertz CT molecular complexity index is 1050. The number of rotatable bonds is 4. The number of fused-ring (bicyclic) bond motifs is 1. The number of piperidine rings is 1. The van der Waals surface area contributed by atoms with Crippen LogP contribution in [0.2, 0.25) is 0 Å². The normalized spacial score (nSPS) is 15.9. The number of nitrogen functional groups attached to an aromatic ring is 1. The minimum absolute atomic E-state index is 0.176. The lowest BCUT2D eigenvalue weighted by molar-refractivity contribution is 0.399. The topological polar surface area (TPSA) is 106 Å². The van der Waals surface area contributed by atoms with Gasteiger partial charge in [0.1, 0.15) is 5.82 Å². The first-order valence-electron chi connectivity index (χ1n) is 10.2. The molecule has 30 heavy (non-hydrogen) atoms. The number of hydrogen-bond acceptors (Lipinski definition) is 9. The van der Waals surface area contributed by atoms with E-state index in [1.54, 1.807) is 19.5 Å². The molecule has 3 aromatic heterocycles. The van der Waals surface area contributed by atoms with Gasteiger partial charge in [0.05, 0.1) is 30.3 Å². The molecule has 154 valence electrons. The Morgan fingerprint density at radius 2 is 1.90 bits per heavy atom. The van der Waals surface area contributed by atoms with Gasteiger partial charge < -0.3 is 20.3 Å². The van der Waals surface area contributed by atoms with Gasteiger partial charge in [-0.05, 0) is 37.8 Å². The zero-order valence-corrected chi connectivity index (χ0v) is 17.0. The first-order valence-corrected chi connectivity index (χ1v) is 10.2. The summed E-state index contributed by atoms with van der Waals surface area (Å²) in [5.74, 6) is 2.24. The molecule has 0 atom stereocenters. The molecule has 3 aromatic rings. The van der Waals surface area contributed by atoms with Crippen LogP contribution in [-0.2, 0) is 6.42 Å². The highest BCUT2D eigenvalue weighted by Crippen LogP contribution is 2.41. The molecule has 0 amide bonds. The Labute approximate surface area is 175 Å². The molecule has 0 bridgehead atoms. The summed E-state index contributed by atoms with van der Waals surface area (Å²) in [4.78, 5) is 27.2. The van der Waals surface area contributed by atoms with Crippen molar-refractivity contribution in [3.63, 3.8) is 0 Å². The molecule has 1 fully saturated rings. The Morgan fingerprint density at radius 3 is 2.67 bits per heavy atom. The standard InChI is InChI=1S/C21H24N8O/c1-30-19-16(13-24-20(22)27-19)17-15-7-11-29(14-6-5-8-23-12-14)18(15)26-21(25-17)28-9-3-2-4-10-28/h5-6,8,12-13H,2-4,7,9-11H2,1H3,(H2,22,24,27). The summed E-state index contributed by atoms with van der Waals surface area (Å²) < 4.78 is 5.51. The number of ether oxygens (including phenoxy) is 1. The molecule has 0 aromatic carbocycles. The number of anilines is 4. The van der Waals surface area contributed by atoms with Gasteiger partial charge in [0.2, 0.25) is 17.8 Å². The SMILES string of the molecule is COc1nc(N)ncc1-c1nc(N2CCCCC2)nc2c1CCN2c1cccnc1. The van der Waals surface area contributed by atoms with E-state index >= 15 is 0 Å². The Hall–Kier alpha value is -3.49. The van der Waals surface area contributed by atoms with Crippen LogP contribution in [0.15, 0.2) is 30.7 Å². The van der Waals surface area contributed by atoms with Crippen LogP contribution in [0.4, 0.5) is 23.4 Å². The van der Waals surface area contributed by atoms with E-state index in [1.807, 2.05) is 12.3 Å². The third-order valence-electron chi connectivity index (χ3n) is 5.63. The molecule has 9 heteroatoms. The van der Waals surface area contributed by atoms with Gasteiger partial charge in [0, 0.05) is 37.6 Å². The van der Waals surface area contributed by atoms with Crippen molar-refractivity contribution in [3.8, 4) is 17.1 Å². The molecule has 2 N–H and O–H groups in total. The van der Waals surface area contributed by atoms with Crippen molar-refractivity contribution in [1.82, 2.24) is 24.9 Å². The number of nitrogens with two attached hydrogens (primary N) is 1. The first kappa shape index (κ1) is 18.5. The average Bonchev–Trinajstić information content (AvgIpc) is 3.24. The number of hydrogen-bond donors (Lipinski definition) is 1. The summed E-state index contributed by atoms with van der Waals surface area (Å²) in [5.41, 5.74) is 9.40. The molecule has 5 heterocycles. The summed E-state index contributed by atoms with van der Waals surface area (Å²) in [5, 5.41) is 0. The Morgan fingerprint density at radius 1 is 1.03 bits per heavy atom. The number of nitrogens with zero attached hydrogens (tertiary/aromatic N) is 7. The maximum absolute atomic E-state index is 5.78. The fraction of sp³-hybridized carbons (Fsp3) is 0.381. The van der Waals surface area contributed by atoms with E-state index < -0.39 is 0 Å². The highest BCUT2D eigenvalue weighted by atomic mass is 16.5. The second-order valence-corrected chi connectivity index (χ2v) is 7.49. The van der Waals surface area contributed by atoms with Crippen LogP contribution in [-0.4, -0.2) is 51.7 Å². The summed E-state index contributed by atoms with van der Waals surface area (Å²) >= 11 is 0. The monoisotopic (exact) mass is 404 g/mol. The van der Waals surface area contributed by atoms with E-state index in [4.69, 9.17) is 20.4 Å². The van der Waals surface area contributed by atoms with Gasteiger partial charge in [0.25, 0.3) is 0 Å². The van der Waals surface area contributed by atoms with Crippen LogP contribution in [0.1, 0.15) is 24.8 Å². The van der Waals surface area contributed by atoms with Crippen molar-refractivity contribution < 1.29 is 4.74 Å². The molecule has 2 aliphatic heterocycles. The molecule has 9 nitrogen and oxygen atoms in total.